The Hall–Kier alpha value is -2.88. The molecule has 0 aromatic heterocycles. The number of carbonyl (C=O) groups excluding carboxylic acids is 2. The van der Waals surface area contributed by atoms with E-state index < -0.39 is 27.5 Å². The van der Waals surface area contributed by atoms with Crippen molar-refractivity contribution >= 4 is 33.0 Å². The summed E-state index contributed by atoms with van der Waals surface area (Å²) in [4.78, 5) is 24.6. The van der Waals surface area contributed by atoms with Crippen LogP contribution in [-0.2, 0) is 20.8 Å². The largest absolute Gasteiger partial charge is 0.416 e. The van der Waals surface area contributed by atoms with E-state index in [-0.39, 0.29) is 41.0 Å². The molecule has 2 aromatic carbocycles. The number of benzene rings is 2. The highest BCUT2D eigenvalue weighted by Gasteiger charge is 2.31. The van der Waals surface area contributed by atoms with Gasteiger partial charge in [0.2, 0.25) is 5.91 Å². The van der Waals surface area contributed by atoms with Crippen molar-refractivity contribution in [1.82, 2.24) is 0 Å². The average Bonchev–Trinajstić information content (AvgIpc) is 2.99. The second kappa shape index (κ2) is 8.47. The first kappa shape index (κ1) is 21.8. The molecule has 2 aromatic rings. The van der Waals surface area contributed by atoms with Gasteiger partial charge in [-0.2, -0.15) is 13.2 Å². The third-order valence-electron chi connectivity index (χ3n) is 4.66. The number of sulfone groups is 1. The second-order valence-electron chi connectivity index (χ2n) is 7.13. The van der Waals surface area contributed by atoms with Gasteiger partial charge in [0.05, 0.1) is 17.1 Å². The fourth-order valence-corrected chi connectivity index (χ4v) is 5.08. The lowest BCUT2D eigenvalue weighted by molar-refractivity contribution is -0.137. The molecule has 1 aliphatic rings. The Bertz CT molecular complexity index is 1070. The van der Waals surface area contributed by atoms with Crippen LogP contribution in [0.15, 0.2) is 48.5 Å². The van der Waals surface area contributed by atoms with Gasteiger partial charge < -0.3 is 10.6 Å². The Balaban J connectivity index is 1.63. The van der Waals surface area contributed by atoms with Gasteiger partial charge in [-0.25, -0.2) is 8.42 Å². The number of hydrogen-bond donors (Lipinski definition) is 2. The molecule has 10 heteroatoms. The van der Waals surface area contributed by atoms with Crippen LogP contribution in [0.2, 0.25) is 0 Å². The summed E-state index contributed by atoms with van der Waals surface area (Å²) in [6.07, 6.45) is -4.03. The molecule has 1 fully saturated rings. The van der Waals surface area contributed by atoms with E-state index in [4.69, 9.17) is 0 Å². The maximum Gasteiger partial charge on any atom is 0.416 e. The Labute approximate surface area is 171 Å². The summed E-state index contributed by atoms with van der Waals surface area (Å²) in [5.74, 6) is -1.17. The summed E-state index contributed by atoms with van der Waals surface area (Å²) >= 11 is 0. The maximum absolute atomic E-state index is 12.8. The molecular formula is C20H19F3N2O4S. The smallest absolute Gasteiger partial charge is 0.326 e. The van der Waals surface area contributed by atoms with Gasteiger partial charge in [0, 0.05) is 23.4 Å². The zero-order chi connectivity index (χ0) is 21.9. The molecule has 1 atom stereocenters. The van der Waals surface area contributed by atoms with E-state index in [0.717, 1.165) is 12.1 Å². The number of amides is 2. The monoisotopic (exact) mass is 440 g/mol. The van der Waals surface area contributed by atoms with Crippen LogP contribution in [0, 0.1) is 5.92 Å². The SMILES string of the molecule is O=C(C[C@@H]1CCS(=O)(=O)C1)Nc1cccc(C(=O)Nc2cccc(C(F)(F)F)c2)c1. The van der Waals surface area contributed by atoms with E-state index in [1.165, 1.54) is 30.3 Å². The van der Waals surface area contributed by atoms with E-state index in [0.29, 0.717) is 12.1 Å². The van der Waals surface area contributed by atoms with Crippen molar-refractivity contribution < 1.29 is 31.2 Å². The first-order valence-corrected chi connectivity index (χ1v) is 10.9. The molecule has 0 aliphatic carbocycles. The van der Waals surface area contributed by atoms with Gasteiger partial charge in [0.25, 0.3) is 5.91 Å². The molecular weight excluding hydrogens is 421 g/mol. The van der Waals surface area contributed by atoms with Crippen LogP contribution in [0.1, 0.15) is 28.8 Å². The minimum atomic E-state index is -4.52. The third-order valence-corrected chi connectivity index (χ3v) is 6.49. The number of halogens is 3. The molecule has 0 radical (unpaired) electrons. The Morgan fingerprint density at radius 3 is 2.30 bits per heavy atom. The van der Waals surface area contributed by atoms with Crippen molar-refractivity contribution in [3.05, 3.63) is 59.7 Å². The van der Waals surface area contributed by atoms with Crippen LogP contribution in [-0.4, -0.2) is 31.7 Å². The van der Waals surface area contributed by atoms with Gasteiger partial charge in [0.15, 0.2) is 9.84 Å². The summed E-state index contributed by atoms with van der Waals surface area (Å²) in [6, 6.07) is 10.2. The van der Waals surface area contributed by atoms with Gasteiger partial charge in [-0.05, 0) is 48.7 Å². The lowest BCUT2D eigenvalue weighted by atomic mass is 10.0. The van der Waals surface area contributed by atoms with Crippen molar-refractivity contribution in [3.63, 3.8) is 0 Å². The predicted molar refractivity (Wildman–Crippen MR) is 106 cm³/mol. The number of anilines is 2. The van der Waals surface area contributed by atoms with Crippen molar-refractivity contribution in [2.45, 2.75) is 19.0 Å². The molecule has 3 rings (SSSR count). The maximum atomic E-state index is 12.8. The molecule has 2 amide bonds. The predicted octanol–water partition coefficient (Wildman–Crippen LogP) is 3.72. The fourth-order valence-electron chi connectivity index (χ4n) is 3.22. The van der Waals surface area contributed by atoms with Crippen molar-refractivity contribution in [1.29, 1.82) is 0 Å². The third kappa shape index (κ3) is 5.82. The highest BCUT2D eigenvalue weighted by Crippen LogP contribution is 2.30. The molecule has 6 nitrogen and oxygen atoms in total. The number of rotatable bonds is 5. The second-order valence-corrected chi connectivity index (χ2v) is 9.36. The number of alkyl halides is 3. The molecule has 1 aliphatic heterocycles. The molecule has 1 saturated heterocycles. The van der Waals surface area contributed by atoms with Gasteiger partial charge in [-0.15, -0.1) is 0 Å². The van der Waals surface area contributed by atoms with Crippen LogP contribution >= 0.6 is 0 Å². The summed E-state index contributed by atoms with van der Waals surface area (Å²) in [5.41, 5.74) is -0.409. The number of carbonyl (C=O) groups is 2. The minimum absolute atomic E-state index is 0.00768. The Kier molecular flexibility index (Phi) is 6.16. The molecule has 30 heavy (non-hydrogen) atoms. The van der Waals surface area contributed by atoms with Crippen molar-refractivity contribution in [2.75, 3.05) is 22.1 Å². The number of nitrogens with one attached hydrogen (secondary N) is 2. The first-order chi connectivity index (χ1) is 14.0. The Morgan fingerprint density at radius 2 is 1.67 bits per heavy atom. The van der Waals surface area contributed by atoms with E-state index >= 15 is 0 Å². The standard InChI is InChI=1S/C20H19F3N2O4S/c21-20(22,23)15-4-2-6-17(11-15)25-19(27)14-3-1-5-16(10-14)24-18(26)9-13-7-8-30(28,29)12-13/h1-6,10-11,13H,7-9,12H2,(H,24,26)(H,25,27)/t13-/m0/s1. The van der Waals surface area contributed by atoms with E-state index in [1.54, 1.807) is 6.07 Å². The van der Waals surface area contributed by atoms with Crippen LogP contribution < -0.4 is 10.6 Å². The van der Waals surface area contributed by atoms with Crippen LogP contribution in [0.5, 0.6) is 0 Å². The molecule has 2 N–H and O–H groups in total. The van der Waals surface area contributed by atoms with Gasteiger partial charge >= 0.3 is 6.18 Å². The number of hydrogen-bond acceptors (Lipinski definition) is 4. The molecule has 0 bridgehead atoms. The summed E-state index contributed by atoms with van der Waals surface area (Å²) in [6.45, 7) is 0. The normalized spacial score (nSPS) is 18.0. The quantitative estimate of drug-likeness (QED) is 0.741. The highest BCUT2D eigenvalue weighted by atomic mass is 32.2. The zero-order valence-electron chi connectivity index (χ0n) is 15.7. The molecule has 1 heterocycles. The van der Waals surface area contributed by atoms with E-state index in [9.17, 15) is 31.2 Å². The average molecular weight is 440 g/mol. The van der Waals surface area contributed by atoms with Gasteiger partial charge in [0.1, 0.15) is 0 Å². The minimum Gasteiger partial charge on any atom is -0.326 e. The van der Waals surface area contributed by atoms with E-state index in [1.807, 2.05) is 0 Å². The lowest BCUT2D eigenvalue weighted by Crippen LogP contribution is -2.18. The van der Waals surface area contributed by atoms with Crippen LogP contribution in [0.3, 0.4) is 0 Å². The van der Waals surface area contributed by atoms with Gasteiger partial charge in [-0.3, -0.25) is 9.59 Å². The van der Waals surface area contributed by atoms with Crippen molar-refractivity contribution in [3.8, 4) is 0 Å². The summed E-state index contributed by atoms with van der Waals surface area (Å²) in [7, 11) is -3.08. The van der Waals surface area contributed by atoms with Gasteiger partial charge in [-0.1, -0.05) is 12.1 Å². The lowest BCUT2D eigenvalue weighted by Gasteiger charge is -2.11. The summed E-state index contributed by atoms with van der Waals surface area (Å²) < 4.78 is 61.4. The molecule has 0 unspecified atom stereocenters. The zero-order valence-corrected chi connectivity index (χ0v) is 16.5. The molecule has 0 spiro atoms. The highest BCUT2D eigenvalue weighted by molar-refractivity contribution is 7.91. The van der Waals surface area contributed by atoms with E-state index in [2.05, 4.69) is 10.6 Å². The molecule has 0 saturated carbocycles. The first-order valence-electron chi connectivity index (χ1n) is 9.11. The van der Waals surface area contributed by atoms with Crippen molar-refractivity contribution in [2.24, 2.45) is 5.92 Å². The Morgan fingerprint density at radius 1 is 1.00 bits per heavy atom. The van der Waals surface area contributed by atoms with Crippen LogP contribution in [0.4, 0.5) is 24.5 Å². The fraction of sp³-hybridized carbons (Fsp3) is 0.300. The molecule has 160 valence electrons. The summed E-state index contributed by atoms with van der Waals surface area (Å²) in [5, 5.41) is 5.02. The van der Waals surface area contributed by atoms with Crippen LogP contribution in [0.25, 0.3) is 0 Å². The topological polar surface area (TPSA) is 92.3 Å².